The van der Waals surface area contributed by atoms with E-state index in [0.717, 1.165) is 25.3 Å². The first-order chi connectivity index (χ1) is 9.27. The summed E-state index contributed by atoms with van der Waals surface area (Å²) in [5.74, 6) is -0.994. The fourth-order valence-electron chi connectivity index (χ4n) is 1.26. The van der Waals surface area contributed by atoms with Gasteiger partial charge in [0.15, 0.2) is 6.10 Å². The number of aliphatic hydroxyl groups excluding tert-OH is 1. The molecule has 0 radical (unpaired) electrons. The first-order valence-electron chi connectivity index (χ1n) is 5.28. The Morgan fingerprint density at radius 3 is 2.75 bits per heavy atom. The minimum absolute atomic E-state index is 0.344. The summed E-state index contributed by atoms with van der Waals surface area (Å²) >= 11 is 0. The number of nitrogens with one attached hydrogen (secondary N) is 1. The summed E-state index contributed by atoms with van der Waals surface area (Å²) in [7, 11) is -3.03. The number of nitro groups is 1. The molecule has 0 fully saturated rings. The van der Waals surface area contributed by atoms with Gasteiger partial charge in [0, 0.05) is 18.7 Å². The second-order valence-corrected chi connectivity index (χ2v) is 5.41. The number of methoxy groups -OCH3 is 1. The molecule has 1 aromatic carbocycles. The number of nitrogens with zero attached hydrogens (tertiary/aromatic N) is 1. The molecule has 0 saturated heterocycles. The van der Waals surface area contributed by atoms with Crippen molar-refractivity contribution in [2.75, 3.05) is 13.7 Å². The van der Waals surface area contributed by atoms with Crippen LogP contribution >= 0.6 is 0 Å². The van der Waals surface area contributed by atoms with Gasteiger partial charge in [0.25, 0.3) is 5.69 Å². The maximum atomic E-state index is 11.8. The maximum Gasteiger partial charge on any atom is 0.336 e. The van der Waals surface area contributed by atoms with Crippen LogP contribution in [0.3, 0.4) is 0 Å². The zero-order valence-electron chi connectivity index (χ0n) is 10.3. The molecule has 0 spiro atoms. The van der Waals surface area contributed by atoms with Crippen LogP contribution in [0, 0.1) is 10.1 Å². The van der Waals surface area contributed by atoms with Crippen molar-refractivity contribution in [2.45, 2.75) is 11.0 Å². The van der Waals surface area contributed by atoms with Crippen LogP contribution in [0.15, 0.2) is 29.2 Å². The van der Waals surface area contributed by atoms with E-state index in [2.05, 4.69) is 4.74 Å². The van der Waals surface area contributed by atoms with Crippen LogP contribution < -0.4 is 4.72 Å². The van der Waals surface area contributed by atoms with Gasteiger partial charge >= 0.3 is 5.97 Å². The number of ether oxygens (including phenoxy) is 1. The van der Waals surface area contributed by atoms with Gasteiger partial charge in [0.05, 0.1) is 16.9 Å². The van der Waals surface area contributed by atoms with E-state index in [-0.39, 0.29) is 10.6 Å². The third-order valence-corrected chi connectivity index (χ3v) is 3.70. The summed E-state index contributed by atoms with van der Waals surface area (Å²) in [5, 5.41) is 19.8. The van der Waals surface area contributed by atoms with Gasteiger partial charge < -0.3 is 9.84 Å². The molecule has 0 amide bonds. The van der Waals surface area contributed by atoms with Gasteiger partial charge in [-0.2, -0.15) is 0 Å². The third kappa shape index (κ3) is 3.98. The molecule has 0 saturated carbocycles. The average Bonchev–Trinajstić information content (AvgIpc) is 2.44. The highest BCUT2D eigenvalue weighted by Crippen LogP contribution is 2.16. The lowest BCUT2D eigenvalue weighted by Gasteiger charge is -2.10. The van der Waals surface area contributed by atoms with Crippen LogP contribution in [-0.4, -0.2) is 44.2 Å². The number of sulfonamides is 1. The van der Waals surface area contributed by atoms with Crippen molar-refractivity contribution in [3.05, 3.63) is 34.4 Å². The number of hydrogen-bond donors (Lipinski definition) is 2. The lowest BCUT2D eigenvalue weighted by Crippen LogP contribution is -2.37. The number of carbonyl (C=O) groups is 1. The summed E-state index contributed by atoms with van der Waals surface area (Å²) in [5.41, 5.74) is -0.388. The Hall–Kier alpha value is -2.04. The highest BCUT2D eigenvalue weighted by molar-refractivity contribution is 7.89. The zero-order chi connectivity index (χ0) is 15.3. The zero-order valence-corrected chi connectivity index (χ0v) is 11.2. The predicted octanol–water partition coefficient (Wildman–Crippen LogP) is -0.593. The second-order valence-electron chi connectivity index (χ2n) is 3.65. The Morgan fingerprint density at radius 1 is 1.55 bits per heavy atom. The molecule has 1 unspecified atom stereocenters. The number of esters is 1. The van der Waals surface area contributed by atoms with E-state index in [1.54, 1.807) is 0 Å². The Bertz CT molecular complexity index is 614. The molecule has 110 valence electrons. The van der Waals surface area contributed by atoms with E-state index in [1.807, 2.05) is 4.72 Å². The molecule has 0 bridgehead atoms. The quantitative estimate of drug-likeness (QED) is 0.407. The largest absolute Gasteiger partial charge is 0.467 e. The monoisotopic (exact) mass is 304 g/mol. The van der Waals surface area contributed by atoms with Gasteiger partial charge in [-0.05, 0) is 6.07 Å². The van der Waals surface area contributed by atoms with Gasteiger partial charge in [0.2, 0.25) is 10.0 Å². The summed E-state index contributed by atoms with van der Waals surface area (Å²) in [6.07, 6.45) is -1.66. The summed E-state index contributed by atoms with van der Waals surface area (Å²) < 4.78 is 29.8. The second kappa shape index (κ2) is 6.41. The van der Waals surface area contributed by atoms with Crippen LogP contribution in [-0.2, 0) is 19.6 Å². The van der Waals surface area contributed by atoms with Crippen molar-refractivity contribution in [3.8, 4) is 0 Å². The number of hydrogen-bond acceptors (Lipinski definition) is 7. The molecule has 0 aliphatic heterocycles. The number of nitro benzene ring substituents is 1. The molecule has 0 aliphatic carbocycles. The van der Waals surface area contributed by atoms with Crippen molar-refractivity contribution in [1.82, 2.24) is 4.72 Å². The molecule has 1 atom stereocenters. The number of benzene rings is 1. The topological polar surface area (TPSA) is 136 Å². The van der Waals surface area contributed by atoms with E-state index in [4.69, 9.17) is 0 Å². The van der Waals surface area contributed by atoms with Crippen LogP contribution in [0.2, 0.25) is 0 Å². The predicted molar refractivity (Wildman–Crippen MR) is 66.3 cm³/mol. The summed E-state index contributed by atoms with van der Waals surface area (Å²) in [6.45, 7) is -0.600. The Kier molecular flexibility index (Phi) is 5.13. The third-order valence-electron chi connectivity index (χ3n) is 2.28. The lowest BCUT2D eigenvalue weighted by molar-refractivity contribution is -0.385. The van der Waals surface area contributed by atoms with Gasteiger partial charge in [0.1, 0.15) is 0 Å². The fraction of sp³-hybridized carbons (Fsp3) is 0.300. The molecular formula is C10H12N2O7S. The normalized spacial score (nSPS) is 12.7. The fourth-order valence-corrected chi connectivity index (χ4v) is 2.33. The van der Waals surface area contributed by atoms with Crippen molar-refractivity contribution < 1.29 is 28.0 Å². The smallest absolute Gasteiger partial charge is 0.336 e. The molecule has 20 heavy (non-hydrogen) atoms. The van der Waals surface area contributed by atoms with Gasteiger partial charge in [-0.1, -0.05) is 6.07 Å². The molecule has 2 N–H and O–H groups in total. The lowest BCUT2D eigenvalue weighted by atomic mass is 10.3. The number of carbonyl (C=O) groups excluding carboxylic acids is 1. The molecule has 10 heteroatoms. The molecule has 0 aliphatic rings. The van der Waals surface area contributed by atoms with Crippen molar-refractivity contribution in [1.29, 1.82) is 0 Å². The van der Waals surface area contributed by atoms with Gasteiger partial charge in [-0.15, -0.1) is 0 Å². The van der Waals surface area contributed by atoms with Crippen molar-refractivity contribution in [3.63, 3.8) is 0 Å². The van der Waals surface area contributed by atoms with E-state index in [0.29, 0.717) is 0 Å². The molecule has 0 aromatic heterocycles. The van der Waals surface area contributed by atoms with E-state index in [9.17, 15) is 28.4 Å². The maximum absolute atomic E-state index is 11.8. The van der Waals surface area contributed by atoms with E-state index >= 15 is 0 Å². The SMILES string of the molecule is COC(=O)C(O)CNS(=O)(=O)c1cccc([N+](=O)[O-])c1. The molecule has 1 rings (SSSR count). The number of aliphatic hydroxyl groups is 1. The highest BCUT2D eigenvalue weighted by Gasteiger charge is 2.21. The van der Waals surface area contributed by atoms with Crippen LogP contribution in [0.4, 0.5) is 5.69 Å². The Balaban J connectivity index is 2.86. The molecular weight excluding hydrogens is 292 g/mol. The van der Waals surface area contributed by atoms with E-state index < -0.39 is 33.6 Å². The summed E-state index contributed by atoms with van der Waals surface area (Å²) in [6, 6.07) is 4.37. The van der Waals surface area contributed by atoms with Crippen molar-refractivity contribution >= 4 is 21.7 Å². The highest BCUT2D eigenvalue weighted by atomic mass is 32.2. The van der Waals surface area contributed by atoms with Gasteiger partial charge in [-0.3, -0.25) is 10.1 Å². The number of non-ortho nitro benzene ring substituents is 1. The average molecular weight is 304 g/mol. The Labute approximate surface area is 114 Å². The number of rotatable bonds is 6. The van der Waals surface area contributed by atoms with Crippen molar-refractivity contribution in [2.24, 2.45) is 0 Å². The Morgan fingerprint density at radius 2 is 2.20 bits per heavy atom. The summed E-state index contributed by atoms with van der Waals surface area (Å²) in [4.78, 5) is 20.4. The minimum atomic E-state index is -4.08. The molecule has 1 aromatic rings. The van der Waals surface area contributed by atoms with Crippen LogP contribution in [0.25, 0.3) is 0 Å². The molecule has 9 nitrogen and oxygen atoms in total. The first-order valence-corrected chi connectivity index (χ1v) is 6.76. The molecule has 0 heterocycles. The van der Waals surface area contributed by atoms with Gasteiger partial charge in [-0.25, -0.2) is 17.9 Å². The van der Waals surface area contributed by atoms with E-state index in [1.165, 1.54) is 6.07 Å². The minimum Gasteiger partial charge on any atom is -0.467 e. The standard InChI is InChI=1S/C10H12N2O7S/c1-19-10(14)9(13)6-11-20(17,18)8-4-2-3-7(5-8)12(15)16/h2-5,9,11,13H,6H2,1H3. The first kappa shape index (κ1) is 16.0. The van der Waals surface area contributed by atoms with Crippen LogP contribution in [0.5, 0.6) is 0 Å². The van der Waals surface area contributed by atoms with Crippen LogP contribution in [0.1, 0.15) is 0 Å².